The summed E-state index contributed by atoms with van der Waals surface area (Å²) in [6, 6.07) is 13.2. The molecule has 1 aromatic carbocycles. The van der Waals surface area contributed by atoms with Crippen LogP contribution in [0, 0.1) is 25.2 Å². The van der Waals surface area contributed by atoms with Crippen LogP contribution in [0.3, 0.4) is 0 Å². The third-order valence-electron chi connectivity index (χ3n) is 3.78. The van der Waals surface area contributed by atoms with E-state index >= 15 is 0 Å². The molecule has 0 atom stereocenters. The van der Waals surface area contributed by atoms with Crippen molar-refractivity contribution in [2.24, 2.45) is 0 Å². The van der Waals surface area contributed by atoms with E-state index in [0.29, 0.717) is 17.7 Å². The second kappa shape index (κ2) is 7.06. The highest BCUT2D eigenvalue weighted by molar-refractivity contribution is 5.95. The normalized spacial score (nSPS) is 10.4. The van der Waals surface area contributed by atoms with Crippen LogP contribution in [0.25, 0.3) is 0 Å². The third-order valence-corrected chi connectivity index (χ3v) is 3.78. The lowest BCUT2D eigenvalue weighted by Crippen LogP contribution is -2.36. The first kappa shape index (κ1) is 16.7. The fraction of sp³-hybridized carbons (Fsp3) is 0.316. The lowest BCUT2D eigenvalue weighted by Gasteiger charge is -2.27. The van der Waals surface area contributed by atoms with E-state index in [1.165, 1.54) is 0 Å². The zero-order valence-electron chi connectivity index (χ0n) is 14.0. The largest absolute Gasteiger partial charge is 0.332 e. The number of hydrogen-bond donors (Lipinski definition) is 0. The molecule has 0 aliphatic carbocycles. The summed E-state index contributed by atoms with van der Waals surface area (Å²) in [4.78, 5) is 19.1. The maximum Gasteiger partial charge on any atom is 0.256 e. The molecule has 0 N–H and O–H groups in total. The summed E-state index contributed by atoms with van der Waals surface area (Å²) in [5.74, 6) is -0.0191. The smallest absolute Gasteiger partial charge is 0.256 e. The SMILES string of the molecule is Cc1ccc(C(=O)N(Cc2ccc(C#N)cc2)C(C)C)c(C)n1. The van der Waals surface area contributed by atoms with Gasteiger partial charge in [0.15, 0.2) is 0 Å². The van der Waals surface area contributed by atoms with E-state index in [1.807, 2.05) is 56.9 Å². The zero-order valence-corrected chi connectivity index (χ0v) is 14.0. The Labute approximate surface area is 137 Å². The molecule has 0 aliphatic heterocycles. The predicted molar refractivity (Wildman–Crippen MR) is 89.9 cm³/mol. The topological polar surface area (TPSA) is 57.0 Å². The summed E-state index contributed by atoms with van der Waals surface area (Å²) < 4.78 is 0. The molecular weight excluding hydrogens is 286 g/mol. The summed E-state index contributed by atoms with van der Waals surface area (Å²) in [6.07, 6.45) is 0. The maximum absolute atomic E-state index is 12.9. The molecule has 4 nitrogen and oxygen atoms in total. The Bertz CT molecular complexity index is 742. The number of carbonyl (C=O) groups excluding carboxylic acids is 1. The number of aromatic nitrogens is 1. The van der Waals surface area contributed by atoms with E-state index < -0.39 is 0 Å². The molecule has 0 saturated carbocycles. The van der Waals surface area contributed by atoms with Crippen molar-refractivity contribution < 1.29 is 4.79 Å². The maximum atomic E-state index is 12.9. The molecule has 1 aromatic heterocycles. The van der Waals surface area contributed by atoms with E-state index in [1.54, 1.807) is 12.1 Å². The van der Waals surface area contributed by atoms with Crippen LogP contribution in [0.4, 0.5) is 0 Å². The molecule has 4 heteroatoms. The average Bonchev–Trinajstić information content (AvgIpc) is 2.52. The van der Waals surface area contributed by atoms with Crippen molar-refractivity contribution in [2.45, 2.75) is 40.3 Å². The van der Waals surface area contributed by atoms with Crippen molar-refractivity contribution in [3.05, 3.63) is 64.5 Å². The molecule has 2 aromatic rings. The van der Waals surface area contributed by atoms with E-state index in [4.69, 9.17) is 5.26 Å². The Morgan fingerprint density at radius 1 is 1.17 bits per heavy atom. The first-order chi connectivity index (χ1) is 10.9. The summed E-state index contributed by atoms with van der Waals surface area (Å²) >= 11 is 0. The van der Waals surface area contributed by atoms with Crippen LogP contribution in [0.1, 0.15) is 46.7 Å². The quantitative estimate of drug-likeness (QED) is 0.867. The monoisotopic (exact) mass is 307 g/mol. The number of nitriles is 1. The van der Waals surface area contributed by atoms with Gasteiger partial charge in [-0.25, -0.2) is 0 Å². The summed E-state index contributed by atoms with van der Waals surface area (Å²) in [5, 5.41) is 8.87. The first-order valence-corrected chi connectivity index (χ1v) is 7.66. The van der Waals surface area contributed by atoms with Crippen LogP contribution in [0.2, 0.25) is 0 Å². The number of carbonyl (C=O) groups is 1. The first-order valence-electron chi connectivity index (χ1n) is 7.66. The van der Waals surface area contributed by atoms with Gasteiger partial charge in [-0.2, -0.15) is 5.26 Å². The Morgan fingerprint density at radius 2 is 1.83 bits per heavy atom. The molecule has 0 spiro atoms. The second-order valence-corrected chi connectivity index (χ2v) is 5.92. The van der Waals surface area contributed by atoms with E-state index in [-0.39, 0.29) is 11.9 Å². The third kappa shape index (κ3) is 3.95. The number of rotatable bonds is 4. The van der Waals surface area contributed by atoms with Crippen LogP contribution < -0.4 is 0 Å². The molecule has 1 heterocycles. The van der Waals surface area contributed by atoms with Crippen molar-refractivity contribution >= 4 is 5.91 Å². The summed E-state index contributed by atoms with van der Waals surface area (Å²) in [5.41, 5.74) is 3.92. The van der Waals surface area contributed by atoms with Gasteiger partial charge in [-0.05, 0) is 57.5 Å². The average molecular weight is 307 g/mol. The van der Waals surface area contributed by atoms with Crippen LogP contribution in [-0.4, -0.2) is 21.8 Å². The van der Waals surface area contributed by atoms with Gasteiger partial charge < -0.3 is 4.90 Å². The summed E-state index contributed by atoms with van der Waals surface area (Å²) in [6.45, 7) is 8.28. The lowest BCUT2D eigenvalue weighted by atomic mass is 10.1. The van der Waals surface area contributed by atoms with E-state index in [9.17, 15) is 4.79 Å². The van der Waals surface area contributed by atoms with E-state index in [0.717, 1.165) is 17.0 Å². The highest BCUT2D eigenvalue weighted by atomic mass is 16.2. The molecular formula is C19H21N3O. The van der Waals surface area contributed by atoms with Crippen LogP contribution in [0.5, 0.6) is 0 Å². The Morgan fingerprint density at radius 3 is 2.35 bits per heavy atom. The highest BCUT2D eigenvalue weighted by Gasteiger charge is 2.21. The van der Waals surface area contributed by atoms with Crippen molar-refractivity contribution in [1.29, 1.82) is 5.26 Å². The lowest BCUT2D eigenvalue weighted by molar-refractivity contribution is 0.0689. The fourth-order valence-corrected chi connectivity index (χ4v) is 2.44. The van der Waals surface area contributed by atoms with Crippen molar-refractivity contribution in [3.8, 4) is 6.07 Å². The second-order valence-electron chi connectivity index (χ2n) is 5.92. The molecule has 1 amide bonds. The molecule has 0 bridgehead atoms. The predicted octanol–water partition coefficient (Wildman–Crippen LogP) is 3.62. The molecule has 118 valence electrons. The zero-order chi connectivity index (χ0) is 17.0. The minimum Gasteiger partial charge on any atom is -0.332 e. The van der Waals surface area contributed by atoms with Gasteiger partial charge in [0.25, 0.3) is 5.91 Å². The Balaban J connectivity index is 2.26. The van der Waals surface area contributed by atoms with Crippen LogP contribution in [0.15, 0.2) is 36.4 Å². The number of amides is 1. The fourth-order valence-electron chi connectivity index (χ4n) is 2.44. The van der Waals surface area contributed by atoms with Crippen molar-refractivity contribution in [1.82, 2.24) is 9.88 Å². The molecule has 0 saturated heterocycles. The molecule has 0 aliphatic rings. The van der Waals surface area contributed by atoms with Crippen LogP contribution in [-0.2, 0) is 6.54 Å². The molecule has 0 fully saturated rings. The van der Waals surface area contributed by atoms with Gasteiger partial charge >= 0.3 is 0 Å². The Hall–Kier alpha value is -2.67. The van der Waals surface area contributed by atoms with E-state index in [2.05, 4.69) is 11.1 Å². The number of nitrogens with zero attached hydrogens (tertiary/aromatic N) is 3. The number of benzene rings is 1. The molecule has 0 radical (unpaired) electrons. The summed E-state index contributed by atoms with van der Waals surface area (Å²) in [7, 11) is 0. The Kier molecular flexibility index (Phi) is 5.13. The number of pyridine rings is 1. The molecule has 0 unspecified atom stereocenters. The van der Waals surface area contributed by atoms with Gasteiger partial charge in [-0.1, -0.05) is 12.1 Å². The van der Waals surface area contributed by atoms with Gasteiger partial charge in [0, 0.05) is 18.3 Å². The highest BCUT2D eigenvalue weighted by Crippen LogP contribution is 2.16. The molecule has 23 heavy (non-hydrogen) atoms. The van der Waals surface area contributed by atoms with Gasteiger partial charge in [0.05, 0.1) is 22.9 Å². The molecule has 2 rings (SSSR count). The minimum absolute atomic E-state index is 0.0191. The van der Waals surface area contributed by atoms with Crippen LogP contribution >= 0.6 is 0 Å². The van der Waals surface area contributed by atoms with Crippen molar-refractivity contribution in [2.75, 3.05) is 0 Å². The van der Waals surface area contributed by atoms with Gasteiger partial charge in [-0.15, -0.1) is 0 Å². The van der Waals surface area contributed by atoms with Gasteiger partial charge in [0.1, 0.15) is 0 Å². The van der Waals surface area contributed by atoms with Gasteiger partial charge in [-0.3, -0.25) is 9.78 Å². The number of aryl methyl sites for hydroxylation is 2. The minimum atomic E-state index is -0.0191. The van der Waals surface area contributed by atoms with Gasteiger partial charge in [0.2, 0.25) is 0 Å². The van der Waals surface area contributed by atoms with Crippen molar-refractivity contribution in [3.63, 3.8) is 0 Å². The standard InChI is InChI=1S/C19H21N3O/c1-13(2)22(12-17-8-6-16(11-20)7-9-17)19(23)18-10-5-14(3)21-15(18)4/h5-10,13H,12H2,1-4H3. The number of hydrogen-bond acceptors (Lipinski definition) is 3.